The number of fused-ring (bicyclic) bond motifs is 1. The summed E-state index contributed by atoms with van der Waals surface area (Å²) in [5, 5.41) is 9.75. The lowest BCUT2D eigenvalue weighted by molar-refractivity contribution is 0.301. The van der Waals surface area contributed by atoms with E-state index in [2.05, 4.69) is 29.0 Å². The molecule has 3 heteroatoms. The lowest BCUT2D eigenvalue weighted by Gasteiger charge is -2.07. The SMILES string of the molecule is OCC#CCCc1ccc(OCc2ccc3ccccc3n2)cc1. The van der Waals surface area contributed by atoms with Gasteiger partial charge in [-0.05, 0) is 36.2 Å². The molecule has 0 unspecified atom stereocenters. The number of aliphatic hydroxyl groups excluding tert-OH is 1. The van der Waals surface area contributed by atoms with E-state index in [4.69, 9.17) is 9.84 Å². The quantitative estimate of drug-likeness (QED) is 0.729. The van der Waals surface area contributed by atoms with Gasteiger partial charge in [-0.25, -0.2) is 4.98 Å². The van der Waals surface area contributed by atoms with Crippen molar-refractivity contribution in [2.24, 2.45) is 0 Å². The maximum absolute atomic E-state index is 8.62. The Hall–Kier alpha value is -2.83. The van der Waals surface area contributed by atoms with Crippen LogP contribution in [0.25, 0.3) is 10.9 Å². The number of pyridine rings is 1. The molecule has 0 bridgehead atoms. The third-order valence-electron chi connectivity index (χ3n) is 3.71. The van der Waals surface area contributed by atoms with Crippen LogP contribution < -0.4 is 4.74 Å². The van der Waals surface area contributed by atoms with E-state index >= 15 is 0 Å². The first-order chi connectivity index (χ1) is 11.8. The van der Waals surface area contributed by atoms with Crippen LogP contribution in [0, 0.1) is 11.8 Å². The summed E-state index contributed by atoms with van der Waals surface area (Å²) in [4.78, 5) is 4.61. The van der Waals surface area contributed by atoms with E-state index < -0.39 is 0 Å². The number of hydrogen-bond acceptors (Lipinski definition) is 3. The van der Waals surface area contributed by atoms with Crippen LogP contribution in [-0.2, 0) is 13.0 Å². The Morgan fingerprint density at radius 3 is 2.58 bits per heavy atom. The van der Waals surface area contributed by atoms with E-state index in [0.29, 0.717) is 6.61 Å². The zero-order valence-corrected chi connectivity index (χ0v) is 13.4. The van der Waals surface area contributed by atoms with Gasteiger partial charge >= 0.3 is 0 Å². The van der Waals surface area contributed by atoms with Crippen LogP contribution in [0.5, 0.6) is 5.75 Å². The molecule has 120 valence electrons. The van der Waals surface area contributed by atoms with Crippen molar-refractivity contribution in [2.75, 3.05) is 6.61 Å². The molecule has 3 nitrogen and oxygen atoms in total. The van der Waals surface area contributed by atoms with E-state index in [-0.39, 0.29) is 6.61 Å². The first-order valence-corrected chi connectivity index (χ1v) is 7.98. The molecule has 0 aliphatic rings. The Kier molecular flexibility index (Phi) is 5.44. The summed E-state index contributed by atoms with van der Waals surface area (Å²) in [6, 6.07) is 20.2. The Labute approximate surface area is 141 Å². The molecule has 2 aromatic carbocycles. The smallest absolute Gasteiger partial charge is 0.130 e. The maximum atomic E-state index is 8.62. The summed E-state index contributed by atoms with van der Waals surface area (Å²) < 4.78 is 5.82. The second kappa shape index (κ2) is 8.14. The lowest BCUT2D eigenvalue weighted by atomic mass is 10.1. The zero-order chi connectivity index (χ0) is 16.6. The first kappa shape index (κ1) is 16.0. The monoisotopic (exact) mass is 317 g/mol. The molecule has 3 rings (SSSR count). The fourth-order valence-corrected chi connectivity index (χ4v) is 2.45. The predicted molar refractivity (Wildman–Crippen MR) is 95.7 cm³/mol. The molecular formula is C21H19NO2. The van der Waals surface area contributed by atoms with Gasteiger partial charge in [0, 0.05) is 11.8 Å². The van der Waals surface area contributed by atoms with Gasteiger partial charge in [-0.2, -0.15) is 0 Å². The highest BCUT2D eigenvalue weighted by Crippen LogP contribution is 2.16. The lowest BCUT2D eigenvalue weighted by Crippen LogP contribution is -1.98. The molecule has 0 atom stereocenters. The molecule has 0 saturated carbocycles. The fraction of sp³-hybridized carbons (Fsp3) is 0.190. The molecule has 0 aliphatic heterocycles. The molecule has 0 aliphatic carbocycles. The molecule has 0 saturated heterocycles. The summed E-state index contributed by atoms with van der Waals surface area (Å²) in [5.41, 5.74) is 3.11. The topological polar surface area (TPSA) is 42.4 Å². The van der Waals surface area contributed by atoms with Crippen molar-refractivity contribution in [1.82, 2.24) is 4.98 Å². The van der Waals surface area contributed by atoms with Crippen LogP contribution in [-0.4, -0.2) is 16.7 Å². The van der Waals surface area contributed by atoms with Gasteiger partial charge in [-0.1, -0.05) is 42.3 Å². The summed E-state index contributed by atoms with van der Waals surface area (Å²) >= 11 is 0. The first-order valence-electron chi connectivity index (χ1n) is 7.98. The van der Waals surface area contributed by atoms with Crippen molar-refractivity contribution < 1.29 is 9.84 Å². The van der Waals surface area contributed by atoms with Crippen LogP contribution >= 0.6 is 0 Å². The standard InChI is InChI=1S/C21H19NO2/c23-15-5-1-2-6-17-9-13-20(14-10-17)24-16-19-12-11-18-7-3-4-8-21(18)22-19/h3-4,7-14,23H,2,6,15-16H2. The summed E-state index contributed by atoms with van der Waals surface area (Å²) in [6.07, 6.45) is 1.63. The Balaban J connectivity index is 1.57. The molecule has 1 N–H and O–H groups in total. The van der Waals surface area contributed by atoms with E-state index in [1.165, 1.54) is 5.56 Å². The van der Waals surface area contributed by atoms with Gasteiger partial charge in [0.2, 0.25) is 0 Å². The minimum atomic E-state index is -0.0738. The van der Waals surface area contributed by atoms with Gasteiger partial charge in [0.25, 0.3) is 0 Å². The summed E-state index contributed by atoms with van der Waals surface area (Å²) in [7, 11) is 0. The van der Waals surface area contributed by atoms with Crippen LogP contribution in [0.15, 0.2) is 60.7 Å². The van der Waals surface area contributed by atoms with Gasteiger partial charge in [-0.3, -0.25) is 0 Å². The molecule has 1 aromatic heterocycles. The number of hydrogen-bond donors (Lipinski definition) is 1. The van der Waals surface area contributed by atoms with Crippen molar-refractivity contribution in [3.8, 4) is 17.6 Å². The predicted octanol–water partition coefficient (Wildman–Crippen LogP) is 3.74. The second-order valence-electron chi connectivity index (χ2n) is 5.44. The molecule has 0 amide bonds. The molecule has 3 aromatic rings. The average molecular weight is 317 g/mol. The molecule has 0 spiro atoms. The number of ether oxygens (including phenoxy) is 1. The maximum Gasteiger partial charge on any atom is 0.130 e. The van der Waals surface area contributed by atoms with Gasteiger partial charge in [0.05, 0.1) is 11.2 Å². The second-order valence-corrected chi connectivity index (χ2v) is 5.44. The Morgan fingerprint density at radius 1 is 0.917 bits per heavy atom. The third kappa shape index (κ3) is 4.34. The van der Waals surface area contributed by atoms with E-state index in [1.807, 2.05) is 48.5 Å². The van der Waals surface area contributed by atoms with Gasteiger partial charge in [-0.15, -0.1) is 5.92 Å². The Morgan fingerprint density at radius 2 is 1.75 bits per heavy atom. The van der Waals surface area contributed by atoms with Gasteiger partial charge in [0.1, 0.15) is 19.0 Å². The number of aryl methyl sites for hydroxylation is 1. The zero-order valence-electron chi connectivity index (χ0n) is 13.4. The van der Waals surface area contributed by atoms with Crippen molar-refractivity contribution in [2.45, 2.75) is 19.4 Å². The molecule has 24 heavy (non-hydrogen) atoms. The number of para-hydroxylation sites is 1. The Bertz CT molecular complexity index is 860. The van der Waals surface area contributed by atoms with Gasteiger partial charge in [0.15, 0.2) is 0 Å². The van der Waals surface area contributed by atoms with Crippen molar-refractivity contribution >= 4 is 10.9 Å². The van der Waals surface area contributed by atoms with E-state index in [1.54, 1.807) is 0 Å². The van der Waals surface area contributed by atoms with Crippen LogP contribution in [0.4, 0.5) is 0 Å². The number of rotatable bonds is 5. The number of aromatic nitrogens is 1. The van der Waals surface area contributed by atoms with Crippen LogP contribution in [0.2, 0.25) is 0 Å². The minimum absolute atomic E-state index is 0.0738. The summed E-state index contributed by atoms with van der Waals surface area (Å²) in [6.45, 7) is 0.377. The number of aliphatic hydroxyl groups is 1. The normalized spacial score (nSPS) is 10.2. The van der Waals surface area contributed by atoms with Crippen molar-refractivity contribution in [1.29, 1.82) is 0 Å². The van der Waals surface area contributed by atoms with Crippen molar-refractivity contribution in [3.05, 3.63) is 71.9 Å². The highest BCUT2D eigenvalue weighted by Gasteiger charge is 2.00. The molecular weight excluding hydrogens is 298 g/mol. The average Bonchev–Trinajstić information content (AvgIpc) is 2.64. The van der Waals surface area contributed by atoms with Crippen LogP contribution in [0.3, 0.4) is 0 Å². The largest absolute Gasteiger partial charge is 0.487 e. The fourth-order valence-electron chi connectivity index (χ4n) is 2.45. The molecule has 1 heterocycles. The number of nitrogens with zero attached hydrogens (tertiary/aromatic N) is 1. The number of benzene rings is 2. The summed E-state index contributed by atoms with van der Waals surface area (Å²) in [5.74, 6) is 6.40. The van der Waals surface area contributed by atoms with Gasteiger partial charge < -0.3 is 9.84 Å². The van der Waals surface area contributed by atoms with E-state index in [0.717, 1.165) is 35.2 Å². The molecule has 0 fully saturated rings. The van der Waals surface area contributed by atoms with E-state index in [9.17, 15) is 0 Å². The highest BCUT2D eigenvalue weighted by molar-refractivity contribution is 5.78. The minimum Gasteiger partial charge on any atom is -0.487 e. The molecule has 0 radical (unpaired) electrons. The highest BCUT2D eigenvalue weighted by atomic mass is 16.5. The van der Waals surface area contributed by atoms with Crippen LogP contribution in [0.1, 0.15) is 17.7 Å². The van der Waals surface area contributed by atoms with Crippen molar-refractivity contribution in [3.63, 3.8) is 0 Å². The third-order valence-corrected chi connectivity index (χ3v) is 3.71.